The van der Waals surface area contributed by atoms with E-state index in [1.165, 1.54) is 155 Å². The van der Waals surface area contributed by atoms with E-state index in [2.05, 4.69) is 217 Å². The Kier molecular flexibility index (Phi) is 9.91. The van der Waals surface area contributed by atoms with Crippen molar-refractivity contribution in [3.63, 3.8) is 0 Å². The molecule has 1 radical (unpaired) electrons. The summed E-state index contributed by atoms with van der Waals surface area (Å²) < 4.78 is 5.35. The molecule has 0 fully saturated rings. The van der Waals surface area contributed by atoms with Crippen LogP contribution in [0.15, 0.2) is 109 Å². The Bertz CT molecular complexity index is 3790. The maximum Gasteiger partial charge on any atom is 0.197 e. The molecule has 0 atom stereocenters. The summed E-state index contributed by atoms with van der Waals surface area (Å²) in [4.78, 5) is 2.74. The highest BCUT2D eigenvalue weighted by molar-refractivity contribution is 7.26. The third-order valence-electron chi connectivity index (χ3n) is 18.8. The lowest BCUT2D eigenvalue weighted by Crippen LogP contribution is -2.41. The summed E-state index contributed by atoms with van der Waals surface area (Å²) in [5, 5.41) is 9.58. The highest BCUT2D eigenvalue weighted by atomic mass is 32.1. The Morgan fingerprint density at radius 2 is 1.01 bits per heavy atom. The number of anilines is 5. The van der Waals surface area contributed by atoms with E-state index in [-0.39, 0.29) is 32.5 Å². The van der Waals surface area contributed by atoms with Crippen molar-refractivity contribution >= 4 is 110 Å². The first-order chi connectivity index (χ1) is 34.0. The van der Waals surface area contributed by atoms with Gasteiger partial charge in [0, 0.05) is 74.3 Å². The molecule has 1 N–H and O–H groups in total. The molecule has 5 heteroatoms. The molecule has 13 rings (SSSR count). The molecule has 3 heterocycles. The molecule has 0 saturated carbocycles. The smallest absolute Gasteiger partial charge is 0.197 e. The van der Waals surface area contributed by atoms with Gasteiger partial charge in [0.15, 0.2) is 7.28 Å². The molecule has 0 saturated heterocycles. The number of rotatable bonds is 4. The zero-order valence-electron chi connectivity index (χ0n) is 45.0. The molecule has 2 nitrogen and oxygen atoms in total. The first kappa shape index (κ1) is 46.4. The fourth-order valence-electron chi connectivity index (χ4n) is 13.9. The Balaban J connectivity index is 1.15. The number of benzene rings is 7. The molecule has 3 aliphatic carbocycles. The van der Waals surface area contributed by atoms with E-state index in [9.17, 15) is 0 Å². The summed E-state index contributed by atoms with van der Waals surface area (Å²) >= 11 is 3.89. The first-order valence-electron chi connectivity index (χ1n) is 26.9. The Morgan fingerprint density at radius 1 is 0.472 bits per heavy atom. The average molecular weight is 978 g/mol. The van der Waals surface area contributed by atoms with Gasteiger partial charge in [0.2, 0.25) is 0 Å². The molecule has 4 aliphatic rings. The summed E-state index contributed by atoms with van der Waals surface area (Å²) in [7, 11) is 2.58. The van der Waals surface area contributed by atoms with E-state index in [0.717, 1.165) is 12.8 Å². The van der Waals surface area contributed by atoms with Gasteiger partial charge >= 0.3 is 0 Å². The summed E-state index contributed by atoms with van der Waals surface area (Å²) in [5.41, 5.74) is 22.1. The molecule has 0 amide bonds. The number of nitrogens with zero attached hydrogens (tertiary/aromatic N) is 1. The number of nitrogens with one attached hydrogen (secondary N) is 1. The molecule has 9 aromatic rings. The standard InChI is InChI=1S/C67H70BN2S2/c1-38-32-45-49(67(12,13)31-28-63(45,4)5)37-52(38)70-53-35-42-40-18-14-16-20-54(40)72-61(42)58(59(53)68-50-24-25-56-57(60(50)70)41-19-15-17-21-55(41)71-56)43-34-47-48(66(10,11)30-29-65(47,8)9)36-51(43)69-39-22-23-44-46(33-39)64(6,7)27-26-62(44,2)3/h14-25,32-37,69H,26-31H2,1-13H3. The Labute approximate surface area is 437 Å². The molecular weight excluding hydrogens is 908 g/mol. The number of hydrogen-bond acceptors (Lipinski definition) is 4. The largest absolute Gasteiger partial charge is 0.355 e. The van der Waals surface area contributed by atoms with Gasteiger partial charge < -0.3 is 10.2 Å². The third-order valence-corrected chi connectivity index (χ3v) is 21.1. The second kappa shape index (κ2) is 15.4. The van der Waals surface area contributed by atoms with Crippen molar-refractivity contribution in [2.75, 3.05) is 10.2 Å². The van der Waals surface area contributed by atoms with Crippen LogP contribution in [0.25, 0.3) is 51.5 Å². The first-order valence-corrected chi connectivity index (χ1v) is 28.5. The highest BCUT2D eigenvalue weighted by Gasteiger charge is 2.42. The zero-order chi connectivity index (χ0) is 50.2. The normalized spacial score (nSPS) is 19.6. The second-order valence-corrected chi connectivity index (χ2v) is 28.6. The lowest BCUT2D eigenvalue weighted by Gasteiger charge is -2.44. The fourth-order valence-corrected chi connectivity index (χ4v) is 16.2. The minimum absolute atomic E-state index is 0.0163. The van der Waals surface area contributed by atoms with Gasteiger partial charge in [-0.2, -0.15) is 0 Å². The predicted molar refractivity (Wildman–Crippen MR) is 318 cm³/mol. The van der Waals surface area contributed by atoms with Gasteiger partial charge in [0.1, 0.15) is 0 Å². The number of hydrogen-bond donors (Lipinski definition) is 1. The van der Waals surface area contributed by atoms with Gasteiger partial charge in [-0.15, -0.1) is 22.7 Å². The molecule has 2 aromatic heterocycles. The minimum atomic E-state index is 0.0163. The number of aryl methyl sites for hydroxylation is 1. The minimum Gasteiger partial charge on any atom is -0.355 e. The highest BCUT2D eigenvalue weighted by Crippen LogP contribution is 2.56. The SMILES string of the molecule is Cc1cc2c(cc1N1c3cc4c(sc5ccccc54)c(-c4cc5c(cc4Nc4ccc6c(c4)C(C)(C)CCC6(C)C)C(C)(C)CCC5(C)C)c3[B]c3ccc4sc5ccccc5c4c31)C(C)(C)CCC2(C)C. The Hall–Kier alpha value is -5.36. The van der Waals surface area contributed by atoms with Gasteiger partial charge in [0.25, 0.3) is 0 Å². The van der Waals surface area contributed by atoms with Gasteiger partial charge in [-0.25, -0.2) is 0 Å². The molecule has 0 unspecified atom stereocenters. The summed E-state index contributed by atoms with van der Waals surface area (Å²) in [5.74, 6) is 0. The Morgan fingerprint density at radius 3 is 1.67 bits per heavy atom. The molecule has 1 aliphatic heterocycles. The van der Waals surface area contributed by atoms with E-state index >= 15 is 0 Å². The molecular formula is C67H70BN2S2. The van der Waals surface area contributed by atoms with Crippen molar-refractivity contribution in [2.45, 2.75) is 161 Å². The maximum atomic E-state index is 4.25. The molecule has 0 bridgehead atoms. The quantitative estimate of drug-likeness (QED) is 0.177. The maximum absolute atomic E-state index is 4.25. The van der Waals surface area contributed by atoms with Crippen LogP contribution in [0.4, 0.5) is 28.4 Å². The van der Waals surface area contributed by atoms with Crippen molar-refractivity contribution < 1.29 is 0 Å². The molecule has 72 heavy (non-hydrogen) atoms. The monoisotopic (exact) mass is 978 g/mol. The molecule has 363 valence electrons. The van der Waals surface area contributed by atoms with Crippen LogP contribution in [0, 0.1) is 6.92 Å². The zero-order valence-corrected chi connectivity index (χ0v) is 46.6. The summed E-state index contributed by atoms with van der Waals surface area (Å²) in [6, 6.07) is 43.4. The van der Waals surface area contributed by atoms with Gasteiger partial charge in [-0.3, -0.25) is 0 Å². The molecule has 0 spiro atoms. The summed E-state index contributed by atoms with van der Waals surface area (Å²) in [6.07, 6.45) is 7.07. The van der Waals surface area contributed by atoms with Gasteiger partial charge in [0.05, 0.1) is 0 Å². The van der Waals surface area contributed by atoms with E-state index in [0.29, 0.717) is 0 Å². The van der Waals surface area contributed by atoms with E-state index in [1.807, 2.05) is 22.7 Å². The predicted octanol–water partition coefficient (Wildman–Crippen LogP) is 18.6. The van der Waals surface area contributed by atoms with E-state index in [1.54, 1.807) is 0 Å². The van der Waals surface area contributed by atoms with Crippen LogP contribution >= 0.6 is 22.7 Å². The van der Waals surface area contributed by atoms with Crippen LogP contribution in [0.3, 0.4) is 0 Å². The average Bonchev–Trinajstić information content (AvgIpc) is 3.91. The van der Waals surface area contributed by atoms with Gasteiger partial charge in [-0.1, -0.05) is 143 Å². The van der Waals surface area contributed by atoms with Crippen LogP contribution in [0.1, 0.15) is 161 Å². The number of fused-ring (bicyclic) bond motifs is 12. The summed E-state index contributed by atoms with van der Waals surface area (Å²) in [6.45, 7) is 32.0. The van der Waals surface area contributed by atoms with Gasteiger partial charge in [-0.05, 0) is 183 Å². The van der Waals surface area contributed by atoms with Crippen LogP contribution in [-0.2, 0) is 32.5 Å². The van der Waals surface area contributed by atoms with Crippen LogP contribution < -0.4 is 21.1 Å². The van der Waals surface area contributed by atoms with Crippen molar-refractivity contribution in [1.82, 2.24) is 0 Å². The fraction of sp³-hybridized carbons (Fsp3) is 0.373. The van der Waals surface area contributed by atoms with Crippen LogP contribution in [0.2, 0.25) is 0 Å². The van der Waals surface area contributed by atoms with Crippen molar-refractivity contribution in [1.29, 1.82) is 0 Å². The van der Waals surface area contributed by atoms with E-state index < -0.39 is 0 Å². The van der Waals surface area contributed by atoms with Crippen molar-refractivity contribution in [2.24, 2.45) is 0 Å². The van der Waals surface area contributed by atoms with Crippen molar-refractivity contribution in [3.05, 3.63) is 148 Å². The number of thiophene rings is 2. The van der Waals surface area contributed by atoms with E-state index in [4.69, 9.17) is 0 Å². The third kappa shape index (κ3) is 6.84. The lowest BCUT2D eigenvalue weighted by atomic mass is 9.57. The van der Waals surface area contributed by atoms with Crippen molar-refractivity contribution in [3.8, 4) is 11.1 Å². The van der Waals surface area contributed by atoms with Crippen LogP contribution in [-0.4, -0.2) is 7.28 Å². The van der Waals surface area contributed by atoms with Crippen LogP contribution in [0.5, 0.6) is 0 Å². The molecule has 7 aromatic carbocycles. The lowest BCUT2D eigenvalue weighted by molar-refractivity contribution is 0.332. The second-order valence-electron chi connectivity index (χ2n) is 26.4. The topological polar surface area (TPSA) is 15.3 Å².